The summed E-state index contributed by atoms with van der Waals surface area (Å²) in [4.78, 5) is 0. The van der Waals surface area contributed by atoms with Crippen LogP contribution in [-0.4, -0.2) is 0 Å². The molecule has 0 saturated carbocycles. The average Bonchev–Trinajstić information content (AvgIpc) is 2.55. The number of benzene rings is 2. The highest BCUT2D eigenvalue weighted by atomic mass is 14.2. The quantitative estimate of drug-likeness (QED) is 0.535. The normalized spacial score (nSPS) is 10.5. The highest BCUT2D eigenvalue weighted by Crippen LogP contribution is 2.00. The summed E-state index contributed by atoms with van der Waals surface area (Å²) in [5.41, 5.74) is 2.40. The van der Waals surface area contributed by atoms with Gasteiger partial charge < -0.3 is 0 Å². The van der Waals surface area contributed by atoms with E-state index in [0.717, 1.165) is 5.56 Å². The van der Waals surface area contributed by atoms with Crippen molar-refractivity contribution < 1.29 is 0 Å². The zero-order valence-electron chi connectivity index (χ0n) is 12.2. The third-order valence-electron chi connectivity index (χ3n) is 2.53. The van der Waals surface area contributed by atoms with Crippen molar-refractivity contribution in [3.8, 4) is 6.07 Å². The fraction of sp³-hybridized carbons (Fsp3) is 0.0500. The third-order valence-corrected chi connectivity index (χ3v) is 2.53. The van der Waals surface area contributed by atoms with Crippen LogP contribution in [0.5, 0.6) is 0 Å². The largest absolute Gasteiger partial charge is 0.193 e. The van der Waals surface area contributed by atoms with E-state index in [2.05, 4.69) is 18.2 Å². The lowest BCUT2D eigenvalue weighted by Gasteiger charge is -1.87. The number of hydrogen-bond donors (Lipinski definition) is 0. The van der Waals surface area contributed by atoms with Gasteiger partial charge in [-0.15, -0.1) is 0 Å². The maximum absolute atomic E-state index is 8.19. The molecule has 0 atom stereocenters. The van der Waals surface area contributed by atoms with E-state index in [0.29, 0.717) is 0 Å². The first kappa shape index (κ1) is 16.2. The van der Waals surface area contributed by atoms with E-state index in [4.69, 9.17) is 5.26 Å². The van der Waals surface area contributed by atoms with Crippen molar-refractivity contribution in [3.05, 3.63) is 96.1 Å². The number of rotatable bonds is 3. The van der Waals surface area contributed by atoms with Crippen molar-refractivity contribution in [2.24, 2.45) is 0 Å². The van der Waals surface area contributed by atoms with Crippen LogP contribution in [0.2, 0.25) is 0 Å². The van der Waals surface area contributed by atoms with Gasteiger partial charge in [-0.3, -0.25) is 0 Å². The van der Waals surface area contributed by atoms with Crippen molar-refractivity contribution >= 4 is 12.2 Å². The summed E-state index contributed by atoms with van der Waals surface area (Å²) in [6.07, 6.45) is 11.1. The van der Waals surface area contributed by atoms with Crippen LogP contribution in [0.25, 0.3) is 12.2 Å². The van der Waals surface area contributed by atoms with Gasteiger partial charge in [0.2, 0.25) is 0 Å². The smallest absolute Gasteiger partial charge is 0.0912 e. The number of allylic oxidation sites excluding steroid dienone is 4. The molecule has 0 fully saturated rings. The SMILES string of the molecule is CC=Cc1ccccc1.N#CC=CC=Cc1ccccc1. The highest BCUT2D eigenvalue weighted by molar-refractivity contribution is 5.50. The van der Waals surface area contributed by atoms with Gasteiger partial charge in [-0.1, -0.05) is 91.0 Å². The van der Waals surface area contributed by atoms with Gasteiger partial charge in [0.05, 0.1) is 6.07 Å². The predicted molar refractivity (Wildman–Crippen MR) is 91.4 cm³/mol. The topological polar surface area (TPSA) is 23.8 Å². The third kappa shape index (κ3) is 8.02. The molecule has 1 nitrogen and oxygen atoms in total. The first-order valence-electron chi connectivity index (χ1n) is 6.82. The number of nitrogens with zero attached hydrogens (tertiary/aromatic N) is 1. The van der Waals surface area contributed by atoms with Gasteiger partial charge in [0.25, 0.3) is 0 Å². The summed E-state index contributed by atoms with van der Waals surface area (Å²) in [5, 5.41) is 8.19. The van der Waals surface area contributed by atoms with Crippen LogP contribution < -0.4 is 0 Å². The van der Waals surface area contributed by atoms with Crippen LogP contribution in [0.3, 0.4) is 0 Å². The van der Waals surface area contributed by atoms with E-state index in [1.807, 2.05) is 79.8 Å². The number of nitriles is 1. The minimum atomic E-state index is 1.14. The van der Waals surface area contributed by atoms with Crippen LogP contribution in [0.1, 0.15) is 18.1 Å². The Hall–Kier alpha value is -2.85. The van der Waals surface area contributed by atoms with Gasteiger partial charge in [0.15, 0.2) is 0 Å². The van der Waals surface area contributed by atoms with Crippen LogP contribution in [0.15, 0.2) is 85.0 Å². The predicted octanol–water partition coefficient (Wildman–Crippen LogP) is 5.50. The molecule has 0 spiro atoms. The molecule has 0 unspecified atom stereocenters. The molecule has 2 aromatic carbocycles. The molecule has 0 N–H and O–H groups in total. The molecule has 0 amide bonds. The Kier molecular flexibility index (Phi) is 8.50. The minimum Gasteiger partial charge on any atom is -0.193 e. The summed E-state index contributed by atoms with van der Waals surface area (Å²) < 4.78 is 0. The molecule has 0 aliphatic carbocycles. The zero-order valence-corrected chi connectivity index (χ0v) is 12.2. The van der Waals surface area contributed by atoms with E-state index < -0.39 is 0 Å². The lowest BCUT2D eigenvalue weighted by molar-refractivity contribution is 1.53. The van der Waals surface area contributed by atoms with E-state index in [9.17, 15) is 0 Å². The van der Waals surface area contributed by atoms with Crippen molar-refractivity contribution in [3.63, 3.8) is 0 Å². The van der Waals surface area contributed by atoms with Gasteiger partial charge in [0, 0.05) is 6.08 Å². The van der Waals surface area contributed by atoms with Gasteiger partial charge in [-0.25, -0.2) is 0 Å². The van der Waals surface area contributed by atoms with E-state index in [1.165, 1.54) is 11.6 Å². The second-order valence-corrected chi connectivity index (χ2v) is 4.17. The van der Waals surface area contributed by atoms with Gasteiger partial charge in [-0.2, -0.15) is 5.26 Å². The molecule has 1 heteroatoms. The maximum Gasteiger partial charge on any atom is 0.0912 e. The molecule has 0 bridgehead atoms. The Labute approximate surface area is 127 Å². The monoisotopic (exact) mass is 273 g/mol. The van der Waals surface area contributed by atoms with Crippen molar-refractivity contribution in [2.75, 3.05) is 0 Å². The molecule has 0 aromatic heterocycles. The van der Waals surface area contributed by atoms with Crippen molar-refractivity contribution in [1.29, 1.82) is 5.26 Å². The van der Waals surface area contributed by atoms with Gasteiger partial charge >= 0.3 is 0 Å². The fourth-order valence-corrected chi connectivity index (χ4v) is 1.59. The van der Waals surface area contributed by atoms with Crippen LogP contribution >= 0.6 is 0 Å². The maximum atomic E-state index is 8.19. The van der Waals surface area contributed by atoms with E-state index in [1.54, 1.807) is 6.08 Å². The molecule has 0 radical (unpaired) electrons. The molecule has 104 valence electrons. The first-order valence-corrected chi connectivity index (χ1v) is 6.82. The van der Waals surface area contributed by atoms with Crippen molar-refractivity contribution in [2.45, 2.75) is 6.92 Å². The number of hydrogen-bond acceptors (Lipinski definition) is 1. The first-order chi connectivity index (χ1) is 10.4. The Morgan fingerprint density at radius 1 is 0.762 bits per heavy atom. The van der Waals surface area contributed by atoms with Crippen LogP contribution in [0, 0.1) is 11.3 Å². The molecule has 2 rings (SSSR count). The summed E-state index contributed by atoms with van der Waals surface area (Å²) in [7, 11) is 0. The molecule has 21 heavy (non-hydrogen) atoms. The Morgan fingerprint density at radius 2 is 1.29 bits per heavy atom. The summed E-state index contributed by atoms with van der Waals surface area (Å²) in [6.45, 7) is 2.02. The highest BCUT2D eigenvalue weighted by Gasteiger charge is 1.79. The molecule has 0 aliphatic rings. The zero-order chi connectivity index (χ0) is 15.2. The average molecular weight is 273 g/mol. The Balaban J connectivity index is 0.000000219. The molecular weight excluding hydrogens is 254 g/mol. The standard InChI is InChI=1S/C11H9N.C9H10/c12-10-6-2-5-9-11-7-3-1-4-8-11;1-2-6-9-7-4-3-5-8-9/h1-9H;2-8H,1H3. The van der Waals surface area contributed by atoms with E-state index in [-0.39, 0.29) is 0 Å². The summed E-state index contributed by atoms with van der Waals surface area (Å²) >= 11 is 0. The Bertz CT molecular complexity index is 614. The molecule has 2 aromatic rings. The second-order valence-electron chi connectivity index (χ2n) is 4.17. The molecule has 0 aliphatic heterocycles. The van der Waals surface area contributed by atoms with Crippen molar-refractivity contribution in [1.82, 2.24) is 0 Å². The summed E-state index contributed by atoms with van der Waals surface area (Å²) in [6, 6.07) is 22.1. The molecule has 0 saturated heterocycles. The fourth-order valence-electron chi connectivity index (χ4n) is 1.59. The molecule has 0 heterocycles. The minimum absolute atomic E-state index is 1.14. The lowest BCUT2D eigenvalue weighted by Crippen LogP contribution is -1.66. The van der Waals surface area contributed by atoms with E-state index >= 15 is 0 Å². The summed E-state index contributed by atoms with van der Waals surface area (Å²) in [5.74, 6) is 0. The van der Waals surface area contributed by atoms with Gasteiger partial charge in [-0.05, 0) is 18.1 Å². The van der Waals surface area contributed by atoms with Crippen LogP contribution in [0.4, 0.5) is 0 Å². The van der Waals surface area contributed by atoms with Crippen LogP contribution in [-0.2, 0) is 0 Å². The second kappa shape index (κ2) is 11.0. The van der Waals surface area contributed by atoms with Gasteiger partial charge in [0.1, 0.15) is 0 Å². The molecular formula is C20H19N. The lowest BCUT2D eigenvalue weighted by atomic mass is 10.2. The Morgan fingerprint density at radius 3 is 1.76 bits per heavy atom.